The number of carbonyl (C=O) groups excluding carboxylic acids is 4. The van der Waals surface area contributed by atoms with Gasteiger partial charge in [0.1, 0.15) is 6.04 Å². The molecule has 3 aliphatic heterocycles. The normalized spacial score (nSPS) is 30.8. The third-order valence-electron chi connectivity index (χ3n) is 6.81. The molecule has 1 aromatic rings. The van der Waals surface area contributed by atoms with Crippen LogP contribution in [0.5, 0.6) is 0 Å². The molecule has 8 heteroatoms. The van der Waals surface area contributed by atoms with Gasteiger partial charge in [-0.25, -0.2) is 0 Å². The van der Waals surface area contributed by atoms with Gasteiger partial charge in [0.15, 0.2) is 0 Å². The van der Waals surface area contributed by atoms with Crippen molar-refractivity contribution in [3.63, 3.8) is 0 Å². The molecular formula is C21H24N4O4. The van der Waals surface area contributed by atoms with Crippen LogP contribution in [0.2, 0.25) is 0 Å². The first-order chi connectivity index (χ1) is 14.0. The van der Waals surface area contributed by atoms with Crippen LogP contribution in [0.1, 0.15) is 58.4 Å². The molecule has 4 aliphatic rings. The van der Waals surface area contributed by atoms with Crippen LogP contribution in [0, 0.1) is 5.92 Å². The molecule has 152 valence electrons. The summed E-state index contributed by atoms with van der Waals surface area (Å²) in [6.07, 6.45) is 3.91. The van der Waals surface area contributed by atoms with E-state index in [0.29, 0.717) is 17.7 Å². The molecule has 3 heterocycles. The smallest absolute Gasteiger partial charge is 0.262 e. The summed E-state index contributed by atoms with van der Waals surface area (Å²) in [4.78, 5) is 50.6. The fourth-order valence-corrected chi connectivity index (χ4v) is 5.32. The molecule has 3 N–H and O–H groups in total. The molecule has 0 spiro atoms. The average Bonchev–Trinajstić information content (AvgIpc) is 3.36. The second-order valence-electron chi connectivity index (χ2n) is 8.66. The standard InChI is InChI=1S/C21H24N4O4/c26-16-5-4-15(18(27)24-16)25-19(28)14-3-1-2-13(17(14)20(25)29)10-22-11-21-7-6-12(8-21)9-23-21/h1-3,12,15,22-23H,4-11H2,(H,24,26,27). The highest BCUT2D eigenvalue weighted by molar-refractivity contribution is 6.24. The quantitative estimate of drug-likeness (QED) is 0.619. The van der Waals surface area contributed by atoms with Gasteiger partial charge in [0.25, 0.3) is 11.8 Å². The third kappa shape index (κ3) is 2.98. The predicted molar refractivity (Wildman–Crippen MR) is 103 cm³/mol. The Labute approximate surface area is 168 Å². The molecule has 3 fully saturated rings. The summed E-state index contributed by atoms with van der Waals surface area (Å²) < 4.78 is 0. The van der Waals surface area contributed by atoms with Crippen molar-refractivity contribution in [2.75, 3.05) is 13.1 Å². The summed E-state index contributed by atoms with van der Waals surface area (Å²) in [5.41, 5.74) is 1.62. The van der Waals surface area contributed by atoms with Crippen LogP contribution >= 0.6 is 0 Å². The summed E-state index contributed by atoms with van der Waals surface area (Å²) in [6.45, 7) is 2.39. The monoisotopic (exact) mass is 396 g/mol. The molecule has 1 saturated carbocycles. The molecule has 3 unspecified atom stereocenters. The van der Waals surface area contributed by atoms with Gasteiger partial charge < -0.3 is 10.6 Å². The van der Waals surface area contributed by atoms with Crippen LogP contribution in [-0.4, -0.2) is 53.2 Å². The average molecular weight is 396 g/mol. The van der Waals surface area contributed by atoms with E-state index >= 15 is 0 Å². The van der Waals surface area contributed by atoms with Gasteiger partial charge in [-0.15, -0.1) is 0 Å². The van der Waals surface area contributed by atoms with E-state index in [1.165, 1.54) is 12.8 Å². The molecule has 2 saturated heterocycles. The lowest BCUT2D eigenvalue weighted by molar-refractivity contribution is -0.136. The fourth-order valence-electron chi connectivity index (χ4n) is 5.32. The van der Waals surface area contributed by atoms with Crippen LogP contribution in [0.15, 0.2) is 18.2 Å². The van der Waals surface area contributed by atoms with Crippen molar-refractivity contribution in [3.05, 3.63) is 34.9 Å². The predicted octanol–water partition coefficient (Wildman–Crippen LogP) is 0.320. The van der Waals surface area contributed by atoms with Crippen molar-refractivity contribution in [2.45, 2.75) is 50.2 Å². The van der Waals surface area contributed by atoms with E-state index in [0.717, 1.165) is 35.9 Å². The summed E-state index contributed by atoms with van der Waals surface area (Å²) in [7, 11) is 0. The Balaban J connectivity index is 1.33. The number of rotatable bonds is 5. The van der Waals surface area contributed by atoms with Gasteiger partial charge in [-0.3, -0.25) is 29.4 Å². The highest BCUT2D eigenvalue weighted by Gasteiger charge is 2.46. The summed E-state index contributed by atoms with van der Waals surface area (Å²) in [5, 5.41) is 9.31. The Morgan fingerprint density at radius 1 is 1.14 bits per heavy atom. The molecule has 3 atom stereocenters. The number of nitrogens with zero attached hydrogens (tertiary/aromatic N) is 1. The molecule has 0 radical (unpaired) electrons. The summed E-state index contributed by atoms with van der Waals surface area (Å²) in [5.74, 6) is -1.09. The Bertz CT molecular complexity index is 919. The number of benzene rings is 1. The molecule has 4 amide bonds. The molecule has 29 heavy (non-hydrogen) atoms. The van der Waals surface area contributed by atoms with Gasteiger partial charge >= 0.3 is 0 Å². The molecule has 1 aliphatic carbocycles. The maximum Gasteiger partial charge on any atom is 0.262 e. The molecule has 8 nitrogen and oxygen atoms in total. The zero-order chi connectivity index (χ0) is 20.2. The lowest BCUT2D eigenvalue weighted by Gasteiger charge is -2.28. The number of nitrogens with one attached hydrogen (secondary N) is 3. The van der Waals surface area contributed by atoms with Gasteiger partial charge in [-0.1, -0.05) is 12.1 Å². The Kier molecular flexibility index (Phi) is 4.29. The number of fused-ring (bicyclic) bond motifs is 3. The lowest BCUT2D eigenvalue weighted by Crippen LogP contribution is -2.54. The second kappa shape index (κ2) is 6.74. The van der Waals surface area contributed by atoms with E-state index in [2.05, 4.69) is 16.0 Å². The minimum absolute atomic E-state index is 0.119. The van der Waals surface area contributed by atoms with E-state index in [1.807, 2.05) is 6.07 Å². The van der Waals surface area contributed by atoms with Gasteiger partial charge in [0.2, 0.25) is 11.8 Å². The zero-order valence-electron chi connectivity index (χ0n) is 16.1. The minimum Gasteiger partial charge on any atom is -0.311 e. The molecule has 0 aromatic heterocycles. The molecule has 2 bridgehead atoms. The number of amides is 4. The van der Waals surface area contributed by atoms with Gasteiger partial charge in [0.05, 0.1) is 11.1 Å². The van der Waals surface area contributed by atoms with Crippen LogP contribution in [0.3, 0.4) is 0 Å². The highest BCUT2D eigenvalue weighted by atomic mass is 16.2. The Morgan fingerprint density at radius 3 is 2.69 bits per heavy atom. The van der Waals surface area contributed by atoms with Gasteiger partial charge in [-0.2, -0.15) is 0 Å². The third-order valence-corrected chi connectivity index (χ3v) is 6.81. The van der Waals surface area contributed by atoms with E-state index in [4.69, 9.17) is 0 Å². The molecule has 5 rings (SSSR count). The minimum atomic E-state index is -0.932. The van der Waals surface area contributed by atoms with E-state index < -0.39 is 23.8 Å². The van der Waals surface area contributed by atoms with Gasteiger partial charge in [-0.05, 0) is 49.8 Å². The first kappa shape index (κ1) is 18.4. The summed E-state index contributed by atoms with van der Waals surface area (Å²) >= 11 is 0. The van der Waals surface area contributed by atoms with E-state index in [1.54, 1.807) is 12.1 Å². The van der Waals surface area contributed by atoms with Crippen LogP contribution in [0.4, 0.5) is 0 Å². The number of piperidine rings is 2. The fraction of sp³-hybridized carbons (Fsp3) is 0.524. The first-order valence-electron chi connectivity index (χ1n) is 10.3. The maximum absolute atomic E-state index is 13.1. The number of hydrogen-bond donors (Lipinski definition) is 3. The largest absolute Gasteiger partial charge is 0.311 e. The van der Waals surface area contributed by atoms with Crippen molar-refractivity contribution in [2.24, 2.45) is 5.92 Å². The van der Waals surface area contributed by atoms with Crippen molar-refractivity contribution in [3.8, 4) is 0 Å². The maximum atomic E-state index is 13.1. The van der Waals surface area contributed by atoms with Crippen molar-refractivity contribution in [1.29, 1.82) is 0 Å². The number of carbonyl (C=O) groups is 4. The number of hydrogen-bond acceptors (Lipinski definition) is 6. The lowest BCUT2D eigenvalue weighted by atomic mass is 9.98. The molecule has 1 aromatic carbocycles. The van der Waals surface area contributed by atoms with Crippen molar-refractivity contribution in [1.82, 2.24) is 20.9 Å². The Hall–Kier alpha value is -2.58. The topological polar surface area (TPSA) is 108 Å². The van der Waals surface area contributed by atoms with Gasteiger partial charge in [0, 0.05) is 25.0 Å². The summed E-state index contributed by atoms with van der Waals surface area (Å²) in [6, 6.07) is 4.32. The van der Waals surface area contributed by atoms with E-state index in [9.17, 15) is 19.2 Å². The second-order valence-corrected chi connectivity index (χ2v) is 8.66. The zero-order valence-corrected chi connectivity index (χ0v) is 16.1. The van der Waals surface area contributed by atoms with Crippen LogP contribution < -0.4 is 16.0 Å². The first-order valence-corrected chi connectivity index (χ1v) is 10.3. The van der Waals surface area contributed by atoms with Crippen molar-refractivity contribution >= 4 is 23.6 Å². The SMILES string of the molecule is O=C1CCC(N2C(=O)c3cccc(CNCC45CCC(CN4)C5)c3C2=O)C(=O)N1. The molecular weight excluding hydrogens is 372 g/mol. The van der Waals surface area contributed by atoms with E-state index in [-0.39, 0.29) is 24.3 Å². The number of imide groups is 2. The van der Waals surface area contributed by atoms with Crippen LogP contribution in [-0.2, 0) is 16.1 Å². The van der Waals surface area contributed by atoms with Crippen LogP contribution in [0.25, 0.3) is 0 Å². The van der Waals surface area contributed by atoms with Crippen molar-refractivity contribution < 1.29 is 19.2 Å². The Morgan fingerprint density at radius 2 is 2.00 bits per heavy atom. The highest BCUT2D eigenvalue weighted by Crippen LogP contribution is 2.39.